The number of hydrogen-bond acceptors (Lipinski definition) is 2. The lowest BCUT2D eigenvalue weighted by Gasteiger charge is -2.07. The van der Waals surface area contributed by atoms with Gasteiger partial charge in [0, 0.05) is 18.5 Å². The van der Waals surface area contributed by atoms with Crippen LogP contribution in [0, 0.1) is 5.92 Å². The van der Waals surface area contributed by atoms with E-state index in [2.05, 4.69) is 19.2 Å². The van der Waals surface area contributed by atoms with Crippen LogP contribution in [0.4, 0.5) is 0 Å². The monoisotopic (exact) mass is 247 g/mol. The van der Waals surface area contributed by atoms with Crippen molar-refractivity contribution in [2.24, 2.45) is 5.92 Å². The Morgan fingerprint density at radius 3 is 2.61 bits per heavy atom. The van der Waals surface area contributed by atoms with Crippen molar-refractivity contribution in [3.8, 4) is 0 Å². The Bertz CT molecular complexity index is 424. The molecule has 1 N–H and O–H groups in total. The Morgan fingerprint density at radius 2 is 2.00 bits per heavy atom. The zero-order valence-corrected chi connectivity index (χ0v) is 11.3. The van der Waals surface area contributed by atoms with E-state index >= 15 is 0 Å². The molecule has 0 atom stereocenters. The second kappa shape index (κ2) is 6.94. The molecule has 0 aliphatic heterocycles. The summed E-state index contributed by atoms with van der Waals surface area (Å²) in [4.78, 5) is 22.8. The average molecular weight is 247 g/mol. The summed E-state index contributed by atoms with van der Waals surface area (Å²) < 4.78 is 0. The van der Waals surface area contributed by atoms with Gasteiger partial charge in [0.05, 0.1) is 0 Å². The van der Waals surface area contributed by atoms with Gasteiger partial charge in [-0.05, 0) is 30.9 Å². The van der Waals surface area contributed by atoms with Crippen LogP contribution in [-0.4, -0.2) is 11.7 Å². The van der Waals surface area contributed by atoms with Gasteiger partial charge in [-0.2, -0.15) is 0 Å². The van der Waals surface area contributed by atoms with Crippen LogP contribution in [0.1, 0.15) is 49.5 Å². The quantitative estimate of drug-likeness (QED) is 0.786. The summed E-state index contributed by atoms with van der Waals surface area (Å²) in [5.74, 6) is 0.650. The van der Waals surface area contributed by atoms with Gasteiger partial charge in [-0.3, -0.25) is 9.59 Å². The summed E-state index contributed by atoms with van der Waals surface area (Å²) in [5.41, 5.74) is 1.64. The minimum atomic E-state index is 0.0444. The van der Waals surface area contributed by atoms with Crippen molar-refractivity contribution in [2.75, 3.05) is 0 Å². The lowest BCUT2D eigenvalue weighted by atomic mass is 10.1. The first kappa shape index (κ1) is 14.4. The van der Waals surface area contributed by atoms with Crippen LogP contribution in [0.3, 0.4) is 0 Å². The maximum absolute atomic E-state index is 11.6. The first-order valence-electron chi connectivity index (χ1n) is 6.35. The number of carbonyl (C=O) groups is 2. The molecule has 1 aromatic rings. The Morgan fingerprint density at radius 1 is 1.28 bits per heavy atom. The molecule has 0 spiro atoms. The molecule has 0 aliphatic carbocycles. The Hall–Kier alpha value is -1.64. The Kier molecular flexibility index (Phi) is 5.56. The van der Waals surface area contributed by atoms with Gasteiger partial charge in [-0.25, -0.2) is 0 Å². The fourth-order valence-electron chi connectivity index (χ4n) is 1.61. The number of Topliss-reactive ketones (excluding diaryl/α,β-unsaturated/α-hetero) is 1. The van der Waals surface area contributed by atoms with Crippen molar-refractivity contribution >= 4 is 11.7 Å². The van der Waals surface area contributed by atoms with E-state index in [9.17, 15) is 9.59 Å². The highest BCUT2D eigenvalue weighted by Gasteiger charge is 2.04. The smallest absolute Gasteiger partial charge is 0.220 e. The maximum Gasteiger partial charge on any atom is 0.220 e. The van der Waals surface area contributed by atoms with Crippen LogP contribution >= 0.6 is 0 Å². The van der Waals surface area contributed by atoms with Gasteiger partial charge in [0.15, 0.2) is 5.78 Å². The summed E-state index contributed by atoms with van der Waals surface area (Å²) in [6, 6.07) is 7.36. The number of benzene rings is 1. The highest BCUT2D eigenvalue weighted by atomic mass is 16.1. The van der Waals surface area contributed by atoms with Gasteiger partial charge in [-0.15, -0.1) is 0 Å². The number of carbonyl (C=O) groups excluding carboxylic acids is 2. The molecule has 0 saturated heterocycles. The van der Waals surface area contributed by atoms with E-state index in [-0.39, 0.29) is 11.7 Å². The normalized spacial score (nSPS) is 10.4. The summed E-state index contributed by atoms with van der Waals surface area (Å²) in [6.45, 7) is 6.23. The van der Waals surface area contributed by atoms with Crippen molar-refractivity contribution in [1.29, 1.82) is 0 Å². The Labute approximate surface area is 109 Å². The summed E-state index contributed by atoms with van der Waals surface area (Å²) in [7, 11) is 0. The predicted molar refractivity (Wildman–Crippen MR) is 72.4 cm³/mol. The number of nitrogens with one attached hydrogen (secondary N) is 1. The minimum absolute atomic E-state index is 0.0444. The van der Waals surface area contributed by atoms with E-state index in [0.717, 1.165) is 12.0 Å². The summed E-state index contributed by atoms with van der Waals surface area (Å²) in [6.07, 6.45) is 1.46. The highest BCUT2D eigenvalue weighted by molar-refractivity contribution is 5.94. The molecule has 1 aromatic carbocycles. The zero-order valence-electron chi connectivity index (χ0n) is 11.3. The average Bonchev–Trinajstić information content (AvgIpc) is 2.34. The molecule has 0 unspecified atom stereocenters. The predicted octanol–water partition coefficient (Wildman–Crippen LogP) is 2.94. The molecule has 3 heteroatoms. The van der Waals surface area contributed by atoms with Gasteiger partial charge in [0.1, 0.15) is 0 Å². The SMILES string of the molecule is CC(=O)c1cccc(CNC(=O)CCC(C)C)c1. The number of ketones is 1. The van der Waals surface area contributed by atoms with Crippen LogP contribution in [0.5, 0.6) is 0 Å². The van der Waals surface area contributed by atoms with E-state index in [1.165, 1.54) is 0 Å². The van der Waals surface area contributed by atoms with Gasteiger partial charge in [0.25, 0.3) is 0 Å². The lowest BCUT2D eigenvalue weighted by molar-refractivity contribution is -0.121. The van der Waals surface area contributed by atoms with Crippen molar-refractivity contribution in [3.63, 3.8) is 0 Å². The molecule has 0 fully saturated rings. The highest BCUT2D eigenvalue weighted by Crippen LogP contribution is 2.07. The van der Waals surface area contributed by atoms with E-state index in [0.29, 0.717) is 24.4 Å². The van der Waals surface area contributed by atoms with Crippen LogP contribution in [-0.2, 0) is 11.3 Å². The molecule has 0 saturated carbocycles. The minimum Gasteiger partial charge on any atom is -0.352 e. The molecule has 0 aromatic heterocycles. The lowest BCUT2D eigenvalue weighted by Crippen LogP contribution is -2.22. The second-order valence-electron chi connectivity index (χ2n) is 4.97. The molecule has 0 aliphatic rings. The van der Waals surface area contributed by atoms with Crippen LogP contribution < -0.4 is 5.32 Å². The zero-order chi connectivity index (χ0) is 13.5. The molecule has 1 rings (SSSR count). The third-order valence-corrected chi connectivity index (χ3v) is 2.77. The van der Waals surface area contributed by atoms with Crippen molar-refractivity contribution in [2.45, 2.75) is 40.2 Å². The van der Waals surface area contributed by atoms with Crippen LogP contribution in [0.25, 0.3) is 0 Å². The van der Waals surface area contributed by atoms with Crippen molar-refractivity contribution in [1.82, 2.24) is 5.32 Å². The molecular weight excluding hydrogens is 226 g/mol. The van der Waals surface area contributed by atoms with Gasteiger partial charge in [-0.1, -0.05) is 32.0 Å². The molecule has 0 bridgehead atoms. The molecule has 18 heavy (non-hydrogen) atoms. The maximum atomic E-state index is 11.6. The molecule has 1 amide bonds. The molecule has 3 nitrogen and oxygen atoms in total. The third kappa shape index (κ3) is 5.13. The van der Waals surface area contributed by atoms with Crippen molar-refractivity contribution < 1.29 is 9.59 Å². The largest absolute Gasteiger partial charge is 0.352 e. The third-order valence-electron chi connectivity index (χ3n) is 2.77. The van der Waals surface area contributed by atoms with E-state index in [4.69, 9.17) is 0 Å². The van der Waals surface area contributed by atoms with Gasteiger partial charge in [0.2, 0.25) is 5.91 Å². The molecular formula is C15H21NO2. The first-order valence-corrected chi connectivity index (χ1v) is 6.35. The summed E-state index contributed by atoms with van der Waals surface area (Å²) >= 11 is 0. The van der Waals surface area contributed by atoms with Crippen LogP contribution in [0.2, 0.25) is 0 Å². The standard InChI is InChI=1S/C15H21NO2/c1-11(2)7-8-15(18)16-10-13-5-4-6-14(9-13)12(3)17/h4-6,9,11H,7-8,10H2,1-3H3,(H,16,18). The number of rotatable bonds is 6. The van der Waals surface area contributed by atoms with Crippen LogP contribution in [0.15, 0.2) is 24.3 Å². The first-order chi connectivity index (χ1) is 8.49. The molecule has 98 valence electrons. The Balaban J connectivity index is 2.46. The summed E-state index contributed by atoms with van der Waals surface area (Å²) in [5, 5.41) is 2.87. The van der Waals surface area contributed by atoms with E-state index in [1.54, 1.807) is 13.0 Å². The number of amides is 1. The fraction of sp³-hybridized carbons (Fsp3) is 0.467. The van der Waals surface area contributed by atoms with Crippen molar-refractivity contribution in [3.05, 3.63) is 35.4 Å². The topological polar surface area (TPSA) is 46.2 Å². The van der Waals surface area contributed by atoms with E-state index < -0.39 is 0 Å². The van der Waals surface area contributed by atoms with Gasteiger partial charge >= 0.3 is 0 Å². The number of hydrogen-bond donors (Lipinski definition) is 1. The molecule has 0 heterocycles. The molecule has 0 radical (unpaired) electrons. The van der Waals surface area contributed by atoms with Gasteiger partial charge < -0.3 is 5.32 Å². The second-order valence-corrected chi connectivity index (χ2v) is 4.97. The fourth-order valence-corrected chi connectivity index (χ4v) is 1.61. The van der Waals surface area contributed by atoms with E-state index in [1.807, 2.05) is 18.2 Å².